The van der Waals surface area contributed by atoms with Gasteiger partial charge < -0.3 is 15.4 Å². The van der Waals surface area contributed by atoms with Crippen molar-refractivity contribution in [2.75, 3.05) is 39.5 Å². The van der Waals surface area contributed by atoms with Crippen LogP contribution in [-0.4, -0.2) is 64.3 Å². The molecule has 1 atom stereocenters. The molecular weight excluding hydrogens is 486 g/mol. The summed E-state index contributed by atoms with van der Waals surface area (Å²) in [6.07, 6.45) is 1.69. The number of aliphatic imine (C=N–C) groups is 1. The first-order valence-electron chi connectivity index (χ1n) is 8.58. The smallest absolute Gasteiger partial charge is 0.211 e. The Morgan fingerprint density at radius 3 is 2.63 bits per heavy atom. The molecule has 0 aliphatic rings. The van der Waals surface area contributed by atoms with E-state index in [-0.39, 0.29) is 35.9 Å². The van der Waals surface area contributed by atoms with Crippen molar-refractivity contribution in [3.8, 4) is 5.75 Å². The zero-order valence-corrected chi connectivity index (χ0v) is 19.4. The van der Waals surface area contributed by atoms with Crippen molar-refractivity contribution < 1.29 is 17.5 Å². The molecule has 156 valence electrons. The summed E-state index contributed by atoms with van der Waals surface area (Å²) < 4.78 is 43.3. The molecule has 0 heterocycles. The molecular formula is C17H30FIN4O3S. The summed E-state index contributed by atoms with van der Waals surface area (Å²) in [5.41, 5.74) is 0. The number of hydrogen-bond acceptors (Lipinski definition) is 4. The van der Waals surface area contributed by atoms with Crippen LogP contribution in [0.1, 0.15) is 20.3 Å². The fourth-order valence-electron chi connectivity index (χ4n) is 2.30. The van der Waals surface area contributed by atoms with Crippen molar-refractivity contribution >= 4 is 40.0 Å². The van der Waals surface area contributed by atoms with Crippen LogP contribution in [0.3, 0.4) is 0 Å². The maximum absolute atomic E-state index is 13.1. The van der Waals surface area contributed by atoms with Gasteiger partial charge in [0.05, 0.1) is 12.8 Å². The molecule has 0 aromatic heterocycles. The summed E-state index contributed by atoms with van der Waals surface area (Å²) in [5, 5.41) is 6.26. The quantitative estimate of drug-likeness (QED) is 0.215. The lowest BCUT2D eigenvalue weighted by molar-refractivity contribution is 0.223. The molecule has 0 bridgehead atoms. The Hall–Kier alpha value is -1.14. The van der Waals surface area contributed by atoms with Crippen LogP contribution < -0.4 is 15.4 Å². The average Bonchev–Trinajstić information content (AvgIpc) is 2.56. The van der Waals surface area contributed by atoms with E-state index in [1.54, 1.807) is 19.2 Å². The van der Waals surface area contributed by atoms with Gasteiger partial charge in [-0.15, -0.1) is 24.0 Å². The zero-order chi connectivity index (χ0) is 19.6. The number of rotatable bonds is 10. The van der Waals surface area contributed by atoms with Crippen LogP contribution in [-0.2, 0) is 10.0 Å². The fraction of sp³-hybridized carbons (Fsp3) is 0.588. The second-order valence-electron chi connectivity index (χ2n) is 5.87. The van der Waals surface area contributed by atoms with Gasteiger partial charge in [0.15, 0.2) is 5.96 Å². The Balaban J connectivity index is 0.00000676. The van der Waals surface area contributed by atoms with Crippen LogP contribution in [0.4, 0.5) is 4.39 Å². The maximum Gasteiger partial charge on any atom is 0.211 e. The van der Waals surface area contributed by atoms with Crippen LogP contribution in [0.15, 0.2) is 29.3 Å². The molecule has 0 aliphatic carbocycles. The average molecular weight is 516 g/mol. The third kappa shape index (κ3) is 10.7. The standard InChI is InChI=1S/C17H29FN4O3S.HI/c1-5-22(26(4,23)24)11-7-10-20-17(19-3)21-13-14(2)25-16-9-6-8-15(18)12-16;/h6,8-9,12,14H,5,7,10-11,13H2,1-4H3,(H2,19,20,21);1H. The monoisotopic (exact) mass is 516 g/mol. The van der Waals surface area contributed by atoms with E-state index in [2.05, 4.69) is 15.6 Å². The molecule has 1 rings (SSSR count). The van der Waals surface area contributed by atoms with Crippen molar-refractivity contribution in [2.45, 2.75) is 26.4 Å². The highest BCUT2D eigenvalue weighted by atomic mass is 127. The van der Waals surface area contributed by atoms with E-state index in [4.69, 9.17) is 4.74 Å². The van der Waals surface area contributed by atoms with Crippen LogP contribution in [0.2, 0.25) is 0 Å². The van der Waals surface area contributed by atoms with Gasteiger partial charge in [0.1, 0.15) is 17.7 Å². The normalized spacial score (nSPS) is 13.0. The Kier molecular flexibility index (Phi) is 12.6. The third-order valence-electron chi connectivity index (χ3n) is 3.61. The summed E-state index contributed by atoms with van der Waals surface area (Å²) in [4.78, 5) is 4.11. The van der Waals surface area contributed by atoms with Crippen LogP contribution >= 0.6 is 24.0 Å². The minimum Gasteiger partial charge on any atom is -0.489 e. The van der Waals surface area contributed by atoms with Gasteiger partial charge in [-0.2, -0.15) is 0 Å². The molecule has 0 amide bonds. The lowest BCUT2D eigenvalue weighted by Crippen LogP contribution is -2.42. The van der Waals surface area contributed by atoms with Gasteiger partial charge in [-0.3, -0.25) is 4.99 Å². The third-order valence-corrected chi connectivity index (χ3v) is 4.99. The zero-order valence-electron chi connectivity index (χ0n) is 16.2. The Morgan fingerprint density at radius 2 is 2.07 bits per heavy atom. The summed E-state index contributed by atoms with van der Waals surface area (Å²) >= 11 is 0. The first kappa shape index (κ1) is 25.9. The van der Waals surface area contributed by atoms with Crippen LogP contribution in [0, 0.1) is 5.82 Å². The van der Waals surface area contributed by atoms with Crippen molar-refractivity contribution in [1.82, 2.24) is 14.9 Å². The SMILES string of the molecule is CCN(CCCNC(=NC)NCC(C)Oc1cccc(F)c1)S(C)(=O)=O.I. The second-order valence-corrected chi connectivity index (χ2v) is 7.86. The maximum atomic E-state index is 13.1. The van der Waals surface area contributed by atoms with Crippen LogP contribution in [0.25, 0.3) is 0 Å². The van der Waals surface area contributed by atoms with Gasteiger partial charge in [0.25, 0.3) is 0 Å². The predicted octanol–water partition coefficient (Wildman–Crippen LogP) is 2.05. The molecule has 2 N–H and O–H groups in total. The Morgan fingerprint density at radius 1 is 1.37 bits per heavy atom. The number of hydrogen-bond donors (Lipinski definition) is 2. The summed E-state index contributed by atoms with van der Waals surface area (Å²) in [6, 6.07) is 6.01. The van der Waals surface area contributed by atoms with E-state index < -0.39 is 10.0 Å². The van der Waals surface area contributed by atoms with E-state index in [1.807, 2.05) is 13.8 Å². The van der Waals surface area contributed by atoms with E-state index in [1.165, 1.54) is 22.7 Å². The van der Waals surface area contributed by atoms with E-state index in [0.29, 0.717) is 44.3 Å². The second kappa shape index (κ2) is 13.1. The first-order valence-corrected chi connectivity index (χ1v) is 10.4. The molecule has 0 spiro atoms. The predicted molar refractivity (Wildman–Crippen MR) is 118 cm³/mol. The highest BCUT2D eigenvalue weighted by molar-refractivity contribution is 14.0. The summed E-state index contributed by atoms with van der Waals surface area (Å²) in [5.74, 6) is 0.736. The molecule has 7 nitrogen and oxygen atoms in total. The minimum absolute atomic E-state index is 0. The van der Waals surface area contributed by atoms with Crippen molar-refractivity contribution in [3.63, 3.8) is 0 Å². The van der Waals surface area contributed by atoms with Crippen molar-refractivity contribution in [2.24, 2.45) is 4.99 Å². The van der Waals surface area contributed by atoms with E-state index in [9.17, 15) is 12.8 Å². The molecule has 0 saturated heterocycles. The van der Waals surface area contributed by atoms with Gasteiger partial charge >= 0.3 is 0 Å². The summed E-state index contributed by atoms with van der Waals surface area (Å²) in [7, 11) is -1.50. The highest BCUT2D eigenvalue weighted by Gasteiger charge is 2.13. The van der Waals surface area contributed by atoms with E-state index in [0.717, 1.165) is 0 Å². The van der Waals surface area contributed by atoms with Crippen molar-refractivity contribution in [1.29, 1.82) is 0 Å². The number of sulfonamides is 1. The minimum atomic E-state index is -3.16. The number of nitrogens with zero attached hydrogens (tertiary/aromatic N) is 2. The molecule has 0 fully saturated rings. The van der Waals surface area contributed by atoms with E-state index >= 15 is 0 Å². The van der Waals surface area contributed by atoms with Crippen molar-refractivity contribution in [3.05, 3.63) is 30.1 Å². The topological polar surface area (TPSA) is 83.0 Å². The molecule has 27 heavy (non-hydrogen) atoms. The number of ether oxygens (including phenoxy) is 1. The fourth-order valence-corrected chi connectivity index (χ4v) is 3.23. The molecule has 1 aromatic carbocycles. The number of guanidine groups is 1. The molecule has 0 radical (unpaired) electrons. The number of benzene rings is 1. The lowest BCUT2D eigenvalue weighted by atomic mass is 10.3. The molecule has 1 unspecified atom stereocenters. The summed E-state index contributed by atoms with van der Waals surface area (Å²) in [6.45, 7) is 5.68. The first-order chi connectivity index (χ1) is 12.3. The molecule has 1 aromatic rings. The van der Waals surface area contributed by atoms with Gasteiger partial charge in [-0.25, -0.2) is 17.1 Å². The lowest BCUT2D eigenvalue weighted by Gasteiger charge is -2.19. The molecule has 0 saturated carbocycles. The van der Waals surface area contributed by atoms with Gasteiger partial charge in [0.2, 0.25) is 10.0 Å². The largest absolute Gasteiger partial charge is 0.489 e. The van der Waals surface area contributed by atoms with Crippen LogP contribution in [0.5, 0.6) is 5.75 Å². The van der Waals surface area contributed by atoms with Gasteiger partial charge in [0, 0.05) is 32.7 Å². The van der Waals surface area contributed by atoms with Gasteiger partial charge in [-0.1, -0.05) is 13.0 Å². The van der Waals surface area contributed by atoms with Gasteiger partial charge in [-0.05, 0) is 25.5 Å². The number of nitrogens with one attached hydrogen (secondary N) is 2. The highest BCUT2D eigenvalue weighted by Crippen LogP contribution is 2.13. The Labute approximate surface area is 178 Å². The molecule has 0 aliphatic heterocycles. The number of halogens is 2. The Bertz CT molecular complexity index is 689. The molecule has 10 heteroatoms.